The van der Waals surface area contributed by atoms with Gasteiger partial charge in [-0.3, -0.25) is 0 Å². The van der Waals surface area contributed by atoms with Gasteiger partial charge in [0, 0.05) is 12.6 Å². The van der Waals surface area contributed by atoms with E-state index in [1.54, 1.807) is 12.1 Å². The lowest BCUT2D eigenvalue weighted by atomic mass is 10.1. The fourth-order valence-electron chi connectivity index (χ4n) is 2.06. The van der Waals surface area contributed by atoms with Crippen LogP contribution in [0.25, 0.3) is 0 Å². The maximum atomic E-state index is 9.30. The zero-order valence-corrected chi connectivity index (χ0v) is 12.2. The van der Waals surface area contributed by atoms with Gasteiger partial charge in [-0.05, 0) is 42.7 Å². The maximum Gasteiger partial charge on any atom is 0.146 e. The van der Waals surface area contributed by atoms with Gasteiger partial charge in [0.15, 0.2) is 0 Å². The first-order valence-electron chi connectivity index (χ1n) is 6.95. The fourth-order valence-corrected chi connectivity index (χ4v) is 2.23. The van der Waals surface area contributed by atoms with Crippen molar-refractivity contribution < 1.29 is 4.74 Å². The Kier molecular flexibility index (Phi) is 4.10. The Labute approximate surface area is 129 Å². The standard InChI is InChI=1S/C17H15ClN2O/c18-15-3-1-2-4-17(15)21-16-8-5-12(9-13(16)10-19)11-20-14-6-7-14/h1-5,8-9,14,20H,6-7,11H2. The molecule has 0 saturated heterocycles. The molecule has 0 radical (unpaired) electrons. The lowest BCUT2D eigenvalue weighted by molar-refractivity contribution is 0.481. The Balaban J connectivity index is 1.78. The van der Waals surface area contributed by atoms with Gasteiger partial charge >= 0.3 is 0 Å². The van der Waals surface area contributed by atoms with Crippen molar-refractivity contribution in [3.8, 4) is 17.6 Å². The van der Waals surface area contributed by atoms with Gasteiger partial charge in [-0.25, -0.2) is 0 Å². The van der Waals surface area contributed by atoms with Gasteiger partial charge in [-0.15, -0.1) is 0 Å². The molecule has 0 aromatic heterocycles. The van der Waals surface area contributed by atoms with Crippen molar-refractivity contribution in [3.63, 3.8) is 0 Å². The summed E-state index contributed by atoms with van der Waals surface area (Å²) in [7, 11) is 0. The van der Waals surface area contributed by atoms with E-state index >= 15 is 0 Å². The number of benzene rings is 2. The first-order chi connectivity index (χ1) is 10.3. The first kappa shape index (κ1) is 13.9. The van der Waals surface area contributed by atoms with Crippen LogP contribution in [0.1, 0.15) is 24.0 Å². The molecule has 0 bridgehead atoms. The Morgan fingerprint density at radius 2 is 2.00 bits per heavy atom. The fraction of sp³-hybridized carbons (Fsp3) is 0.235. The van der Waals surface area contributed by atoms with Crippen molar-refractivity contribution >= 4 is 11.6 Å². The van der Waals surface area contributed by atoms with E-state index in [1.807, 2.05) is 30.3 Å². The zero-order valence-electron chi connectivity index (χ0n) is 11.5. The number of nitrogens with one attached hydrogen (secondary N) is 1. The monoisotopic (exact) mass is 298 g/mol. The molecular formula is C17H15ClN2O. The van der Waals surface area contributed by atoms with E-state index in [1.165, 1.54) is 12.8 Å². The highest BCUT2D eigenvalue weighted by molar-refractivity contribution is 6.32. The highest BCUT2D eigenvalue weighted by Gasteiger charge is 2.20. The van der Waals surface area contributed by atoms with Crippen LogP contribution in [-0.4, -0.2) is 6.04 Å². The highest BCUT2D eigenvalue weighted by atomic mass is 35.5. The van der Waals surface area contributed by atoms with Gasteiger partial charge in [0.2, 0.25) is 0 Å². The first-order valence-corrected chi connectivity index (χ1v) is 7.33. The second-order valence-corrected chi connectivity index (χ2v) is 5.54. The van der Waals surface area contributed by atoms with Crippen LogP contribution < -0.4 is 10.1 Å². The summed E-state index contributed by atoms with van der Waals surface area (Å²) >= 11 is 6.07. The maximum absolute atomic E-state index is 9.30. The molecule has 2 aromatic carbocycles. The normalized spacial score (nSPS) is 13.7. The molecule has 0 atom stereocenters. The lowest BCUT2D eigenvalue weighted by Crippen LogP contribution is -2.15. The second-order valence-electron chi connectivity index (χ2n) is 5.13. The average molecular weight is 299 g/mol. The van der Waals surface area contributed by atoms with Crippen molar-refractivity contribution in [2.75, 3.05) is 0 Å². The molecule has 0 heterocycles. The number of hydrogen-bond donors (Lipinski definition) is 1. The second kappa shape index (κ2) is 6.17. The molecule has 0 aliphatic heterocycles. The predicted molar refractivity (Wildman–Crippen MR) is 82.5 cm³/mol. The van der Waals surface area contributed by atoms with E-state index in [0.717, 1.165) is 12.1 Å². The van der Waals surface area contributed by atoms with Crippen molar-refractivity contribution in [2.24, 2.45) is 0 Å². The minimum absolute atomic E-state index is 0.519. The molecule has 1 fully saturated rings. The minimum atomic E-state index is 0.519. The largest absolute Gasteiger partial charge is 0.454 e. The molecule has 21 heavy (non-hydrogen) atoms. The van der Waals surface area contributed by atoms with Gasteiger partial charge in [0.1, 0.15) is 17.6 Å². The molecule has 1 N–H and O–H groups in total. The van der Waals surface area contributed by atoms with Gasteiger partial charge < -0.3 is 10.1 Å². The molecule has 0 unspecified atom stereocenters. The topological polar surface area (TPSA) is 45.0 Å². The summed E-state index contributed by atoms with van der Waals surface area (Å²) in [5.41, 5.74) is 1.61. The van der Waals surface area contributed by atoms with Crippen molar-refractivity contribution in [1.82, 2.24) is 5.32 Å². The smallest absolute Gasteiger partial charge is 0.146 e. The Morgan fingerprint density at radius 1 is 1.19 bits per heavy atom. The van der Waals surface area contributed by atoms with Crippen LogP contribution in [-0.2, 0) is 6.54 Å². The van der Waals surface area contributed by atoms with Crippen molar-refractivity contribution in [2.45, 2.75) is 25.4 Å². The zero-order chi connectivity index (χ0) is 14.7. The molecule has 0 spiro atoms. The number of hydrogen-bond acceptors (Lipinski definition) is 3. The predicted octanol–water partition coefficient (Wildman–Crippen LogP) is 4.26. The highest BCUT2D eigenvalue weighted by Crippen LogP contribution is 2.31. The minimum Gasteiger partial charge on any atom is -0.454 e. The number of nitrogens with zero attached hydrogens (tertiary/aromatic N) is 1. The Morgan fingerprint density at radius 3 is 2.71 bits per heavy atom. The molecule has 1 aliphatic rings. The van der Waals surface area contributed by atoms with E-state index in [-0.39, 0.29) is 0 Å². The summed E-state index contributed by atoms with van der Waals surface area (Å²) in [4.78, 5) is 0. The molecule has 106 valence electrons. The van der Waals surface area contributed by atoms with Gasteiger partial charge in [-0.2, -0.15) is 5.26 Å². The van der Waals surface area contributed by atoms with Crippen LogP contribution in [0.15, 0.2) is 42.5 Å². The third kappa shape index (κ3) is 3.55. The van der Waals surface area contributed by atoms with Crippen LogP contribution >= 0.6 is 11.6 Å². The van der Waals surface area contributed by atoms with E-state index in [9.17, 15) is 5.26 Å². The van der Waals surface area contributed by atoms with Crippen LogP contribution in [0.4, 0.5) is 0 Å². The lowest BCUT2D eigenvalue weighted by Gasteiger charge is -2.10. The molecule has 2 aromatic rings. The Bertz CT molecular complexity index is 689. The SMILES string of the molecule is N#Cc1cc(CNC2CC2)ccc1Oc1ccccc1Cl. The van der Waals surface area contributed by atoms with E-state index < -0.39 is 0 Å². The third-order valence-corrected chi connectivity index (χ3v) is 3.71. The summed E-state index contributed by atoms with van der Waals surface area (Å²) in [6.45, 7) is 0.783. The quantitative estimate of drug-likeness (QED) is 0.897. The van der Waals surface area contributed by atoms with Gasteiger partial charge in [0.05, 0.1) is 10.6 Å². The summed E-state index contributed by atoms with van der Waals surface area (Å²) < 4.78 is 5.75. The molecule has 4 heteroatoms. The van der Waals surface area contributed by atoms with Crippen LogP contribution in [0.5, 0.6) is 11.5 Å². The van der Waals surface area contributed by atoms with Gasteiger partial charge in [-0.1, -0.05) is 29.8 Å². The van der Waals surface area contributed by atoms with Crippen LogP contribution in [0, 0.1) is 11.3 Å². The molecule has 3 nitrogen and oxygen atoms in total. The summed E-state index contributed by atoms with van der Waals surface area (Å²) in [6, 6.07) is 15.7. The summed E-state index contributed by atoms with van der Waals surface area (Å²) in [6.07, 6.45) is 2.50. The third-order valence-electron chi connectivity index (χ3n) is 3.39. The van der Waals surface area contributed by atoms with Crippen LogP contribution in [0.3, 0.4) is 0 Å². The molecule has 3 rings (SSSR count). The number of ether oxygens (including phenoxy) is 1. The van der Waals surface area contributed by atoms with E-state index in [0.29, 0.717) is 28.1 Å². The molecule has 0 amide bonds. The number of rotatable bonds is 5. The van der Waals surface area contributed by atoms with Crippen LogP contribution in [0.2, 0.25) is 5.02 Å². The number of para-hydroxylation sites is 1. The molecule has 1 aliphatic carbocycles. The Hall–Kier alpha value is -2.02. The van der Waals surface area contributed by atoms with Crippen molar-refractivity contribution in [1.29, 1.82) is 5.26 Å². The van der Waals surface area contributed by atoms with Crippen molar-refractivity contribution in [3.05, 3.63) is 58.6 Å². The van der Waals surface area contributed by atoms with E-state index in [4.69, 9.17) is 16.3 Å². The van der Waals surface area contributed by atoms with Gasteiger partial charge in [0.25, 0.3) is 0 Å². The molecule has 1 saturated carbocycles. The van der Waals surface area contributed by atoms with E-state index in [2.05, 4.69) is 11.4 Å². The summed E-state index contributed by atoms with van der Waals surface area (Å²) in [5.74, 6) is 1.08. The summed E-state index contributed by atoms with van der Waals surface area (Å²) in [5, 5.41) is 13.3. The average Bonchev–Trinajstić information content (AvgIpc) is 3.32. The molecular weight excluding hydrogens is 284 g/mol. The number of halogens is 1. The number of nitriles is 1.